The summed E-state index contributed by atoms with van der Waals surface area (Å²) in [6.07, 6.45) is 8.10. The molecule has 1 saturated heterocycles. The van der Waals surface area contributed by atoms with Crippen LogP contribution in [0.3, 0.4) is 0 Å². The molecular formula is C20H25N5O2S. The van der Waals surface area contributed by atoms with Gasteiger partial charge in [0, 0.05) is 36.6 Å². The maximum atomic E-state index is 12.4. The Morgan fingerprint density at radius 2 is 1.86 bits per heavy atom. The van der Waals surface area contributed by atoms with Crippen LogP contribution in [0.25, 0.3) is 11.5 Å². The number of sulfonamides is 1. The van der Waals surface area contributed by atoms with E-state index < -0.39 is 10.0 Å². The standard InChI is InChI=1S/C20H25N5O2S/c26-28(27,15-7-8-15)25-12-9-14(10-13-25)22-19-16-4-3-6-17(16)23-20(24-19)18-5-1-2-11-21-18/h1-2,5,11,14-15H,3-4,6-10,12-13H2,(H,22,23,24). The predicted octanol–water partition coefficient (Wildman–Crippen LogP) is 2.40. The lowest BCUT2D eigenvalue weighted by Gasteiger charge is -2.32. The zero-order chi connectivity index (χ0) is 19.1. The smallest absolute Gasteiger partial charge is 0.216 e. The normalized spacial score (nSPS) is 20.9. The van der Waals surface area contributed by atoms with E-state index in [1.165, 1.54) is 5.56 Å². The molecule has 0 radical (unpaired) electrons. The number of piperidine rings is 1. The average molecular weight is 400 g/mol. The monoisotopic (exact) mass is 399 g/mol. The van der Waals surface area contributed by atoms with Crippen LogP contribution in [-0.4, -0.2) is 52.1 Å². The Morgan fingerprint density at radius 1 is 1.04 bits per heavy atom. The molecule has 3 aliphatic rings. The van der Waals surface area contributed by atoms with E-state index in [1.54, 1.807) is 10.5 Å². The molecule has 3 heterocycles. The molecule has 0 spiro atoms. The summed E-state index contributed by atoms with van der Waals surface area (Å²) in [6.45, 7) is 1.19. The third-order valence-electron chi connectivity index (χ3n) is 5.93. The zero-order valence-corrected chi connectivity index (χ0v) is 16.7. The van der Waals surface area contributed by atoms with E-state index in [0.717, 1.165) is 62.2 Å². The topological polar surface area (TPSA) is 88.1 Å². The van der Waals surface area contributed by atoms with E-state index in [0.29, 0.717) is 18.9 Å². The van der Waals surface area contributed by atoms with Crippen LogP contribution < -0.4 is 5.32 Å². The van der Waals surface area contributed by atoms with Crippen LogP contribution in [0.4, 0.5) is 5.82 Å². The third-order valence-corrected chi connectivity index (χ3v) is 8.33. The zero-order valence-electron chi connectivity index (χ0n) is 15.8. The summed E-state index contributed by atoms with van der Waals surface area (Å²) in [6, 6.07) is 6.00. The van der Waals surface area contributed by atoms with Gasteiger partial charge in [-0.2, -0.15) is 0 Å². The highest BCUT2D eigenvalue weighted by Gasteiger charge is 2.41. The fourth-order valence-electron chi connectivity index (χ4n) is 4.19. The van der Waals surface area contributed by atoms with E-state index in [2.05, 4.69) is 10.3 Å². The minimum Gasteiger partial charge on any atom is -0.367 e. The molecule has 0 atom stereocenters. The molecule has 2 aromatic rings. The van der Waals surface area contributed by atoms with Crippen molar-refractivity contribution in [3.63, 3.8) is 0 Å². The van der Waals surface area contributed by atoms with E-state index in [9.17, 15) is 8.42 Å². The van der Waals surface area contributed by atoms with Gasteiger partial charge in [0.05, 0.1) is 5.25 Å². The maximum absolute atomic E-state index is 12.4. The summed E-state index contributed by atoms with van der Waals surface area (Å²) < 4.78 is 26.6. The van der Waals surface area contributed by atoms with Gasteiger partial charge in [0.25, 0.3) is 0 Å². The van der Waals surface area contributed by atoms with Gasteiger partial charge in [0.1, 0.15) is 11.5 Å². The molecule has 5 rings (SSSR count). The quantitative estimate of drug-likeness (QED) is 0.831. The van der Waals surface area contributed by atoms with Gasteiger partial charge in [-0.25, -0.2) is 22.7 Å². The van der Waals surface area contributed by atoms with Crippen molar-refractivity contribution < 1.29 is 8.42 Å². The van der Waals surface area contributed by atoms with Crippen LogP contribution in [0.5, 0.6) is 0 Å². The molecule has 2 aliphatic carbocycles. The van der Waals surface area contributed by atoms with Crippen LogP contribution >= 0.6 is 0 Å². The van der Waals surface area contributed by atoms with Crippen molar-refractivity contribution in [2.24, 2.45) is 0 Å². The lowest BCUT2D eigenvalue weighted by Crippen LogP contribution is -2.43. The molecule has 2 aromatic heterocycles. The van der Waals surface area contributed by atoms with Gasteiger partial charge in [-0.15, -0.1) is 0 Å². The number of nitrogens with zero attached hydrogens (tertiary/aromatic N) is 4. The number of hydrogen-bond donors (Lipinski definition) is 1. The largest absolute Gasteiger partial charge is 0.367 e. The molecule has 148 valence electrons. The first-order valence-corrected chi connectivity index (χ1v) is 11.7. The van der Waals surface area contributed by atoms with Crippen LogP contribution in [0.1, 0.15) is 43.4 Å². The highest BCUT2D eigenvalue weighted by Crippen LogP contribution is 2.33. The lowest BCUT2D eigenvalue weighted by atomic mass is 10.1. The first-order chi connectivity index (χ1) is 13.6. The highest BCUT2D eigenvalue weighted by atomic mass is 32.2. The number of pyridine rings is 1. The van der Waals surface area contributed by atoms with Gasteiger partial charge in [0.2, 0.25) is 10.0 Å². The Hall–Kier alpha value is -2.06. The van der Waals surface area contributed by atoms with Crippen molar-refractivity contribution in [1.29, 1.82) is 0 Å². The van der Waals surface area contributed by atoms with Crippen molar-refractivity contribution in [2.45, 2.75) is 56.2 Å². The Labute approximate surface area is 165 Å². The van der Waals surface area contributed by atoms with Crippen molar-refractivity contribution in [2.75, 3.05) is 18.4 Å². The number of nitrogens with one attached hydrogen (secondary N) is 1. The Bertz CT molecular complexity index is 968. The summed E-state index contributed by atoms with van der Waals surface area (Å²) in [5, 5.41) is 3.49. The second kappa shape index (κ2) is 7.08. The fourth-order valence-corrected chi connectivity index (χ4v) is 6.06. The number of aryl methyl sites for hydroxylation is 1. The molecule has 8 heteroatoms. The van der Waals surface area contributed by atoms with Crippen LogP contribution in [0, 0.1) is 0 Å². The van der Waals surface area contributed by atoms with Crippen LogP contribution in [-0.2, 0) is 22.9 Å². The molecule has 7 nitrogen and oxygen atoms in total. The molecule has 1 saturated carbocycles. The second-order valence-electron chi connectivity index (χ2n) is 7.95. The number of hydrogen-bond acceptors (Lipinski definition) is 6. The van der Waals surface area contributed by atoms with Crippen LogP contribution in [0.2, 0.25) is 0 Å². The average Bonchev–Trinajstić information content (AvgIpc) is 3.48. The first-order valence-electron chi connectivity index (χ1n) is 10.2. The van der Waals surface area contributed by atoms with Crippen molar-refractivity contribution in [3.05, 3.63) is 35.7 Å². The number of aromatic nitrogens is 3. The van der Waals surface area contributed by atoms with E-state index in [-0.39, 0.29) is 11.3 Å². The molecule has 0 unspecified atom stereocenters. The summed E-state index contributed by atoms with van der Waals surface area (Å²) in [7, 11) is -3.07. The lowest BCUT2D eigenvalue weighted by molar-refractivity contribution is 0.329. The van der Waals surface area contributed by atoms with Crippen LogP contribution in [0.15, 0.2) is 24.4 Å². The number of fused-ring (bicyclic) bond motifs is 1. The third kappa shape index (κ3) is 3.39. The first kappa shape index (κ1) is 18.0. The van der Waals surface area contributed by atoms with Gasteiger partial charge in [-0.3, -0.25) is 4.98 Å². The van der Waals surface area contributed by atoms with Gasteiger partial charge >= 0.3 is 0 Å². The Balaban J connectivity index is 1.34. The van der Waals surface area contributed by atoms with Gasteiger partial charge in [0.15, 0.2) is 5.82 Å². The molecule has 0 amide bonds. The van der Waals surface area contributed by atoms with Crippen molar-refractivity contribution in [1.82, 2.24) is 19.3 Å². The summed E-state index contributed by atoms with van der Waals surface area (Å²) in [5.74, 6) is 1.57. The van der Waals surface area contributed by atoms with Gasteiger partial charge in [-0.05, 0) is 57.1 Å². The molecule has 1 N–H and O–H groups in total. The predicted molar refractivity (Wildman–Crippen MR) is 107 cm³/mol. The highest BCUT2D eigenvalue weighted by molar-refractivity contribution is 7.90. The van der Waals surface area contributed by atoms with Crippen molar-refractivity contribution >= 4 is 15.8 Å². The van der Waals surface area contributed by atoms with Crippen molar-refractivity contribution in [3.8, 4) is 11.5 Å². The minimum atomic E-state index is -3.07. The van der Waals surface area contributed by atoms with Gasteiger partial charge in [-0.1, -0.05) is 6.07 Å². The minimum absolute atomic E-state index is 0.122. The Kier molecular flexibility index (Phi) is 4.55. The number of anilines is 1. The molecule has 28 heavy (non-hydrogen) atoms. The van der Waals surface area contributed by atoms with E-state index >= 15 is 0 Å². The summed E-state index contributed by atoms with van der Waals surface area (Å²) in [5.41, 5.74) is 3.12. The molecule has 1 aliphatic heterocycles. The molecule has 2 fully saturated rings. The second-order valence-corrected chi connectivity index (χ2v) is 10.2. The fraction of sp³-hybridized carbons (Fsp3) is 0.550. The summed E-state index contributed by atoms with van der Waals surface area (Å²) >= 11 is 0. The Morgan fingerprint density at radius 3 is 2.57 bits per heavy atom. The van der Waals surface area contributed by atoms with E-state index in [1.807, 2.05) is 18.2 Å². The van der Waals surface area contributed by atoms with E-state index in [4.69, 9.17) is 9.97 Å². The SMILES string of the molecule is O=S(=O)(C1CC1)N1CCC(Nc2nc(-c3ccccn3)nc3c2CCC3)CC1. The van der Waals surface area contributed by atoms with Gasteiger partial charge < -0.3 is 5.32 Å². The summed E-state index contributed by atoms with van der Waals surface area (Å²) in [4.78, 5) is 13.9. The number of rotatable bonds is 5. The maximum Gasteiger partial charge on any atom is 0.216 e. The molecule has 0 aromatic carbocycles. The molecule has 0 bridgehead atoms. The molecular weight excluding hydrogens is 374 g/mol.